The average molecular weight is 813 g/mol. The largest absolute Gasteiger partial charge is 0.496 e. The predicted molar refractivity (Wildman–Crippen MR) is 211 cm³/mol. The Labute approximate surface area is 341 Å². The molecule has 2 aromatic carbocycles. The molecule has 0 bridgehead atoms. The Hall–Kier alpha value is -4.98. The van der Waals surface area contributed by atoms with Gasteiger partial charge in [0.15, 0.2) is 30.7 Å². The number of benzene rings is 2. The van der Waals surface area contributed by atoms with E-state index in [-0.39, 0.29) is 22.6 Å². The molecule has 0 aliphatic carbocycles. The third-order valence-corrected chi connectivity index (χ3v) is 9.14. The number of hydrogen-bond acceptors (Lipinski definition) is 13. The van der Waals surface area contributed by atoms with Crippen LogP contribution in [0.2, 0.25) is 0 Å². The first-order valence-electron chi connectivity index (χ1n) is 19.2. The predicted octanol–water partition coefficient (Wildman–Crippen LogP) is 7.05. The molecule has 1 aliphatic rings. The Morgan fingerprint density at radius 1 is 0.672 bits per heavy atom. The number of carbonyl (C=O) groups is 6. The lowest BCUT2D eigenvalue weighted by atomic mass is 9.86. The molecular weight excluding hydrogens is 752 g/mol. The zero-order valence-corrected chi connectivity index (χ0v) is 36.2. The van der Waals surface area contributed by atoms with E-state index >= 15 is 0 Å². The zero-order valence-electron chi connectivity index (χ0n) is 36.2. The lowest BCUT2D eigenvalue weighted by molar-refractivity contribution is -0.262. The molecule has 58 heavy (non-hydrogen) atoms. The zero-order chi connectivity index (χ0) is 44.1. The second kappa shape index (κ2) is 18.3. The normalized spacial score (nSPS) is 20.6. The summed E-state index contributed by atoms with van der Waals surface area (Å²) in [4.78, 5) is 80.5. The molecule has 2 aromatic rings. The number of carbonyl (C=O) groups excluding carboxylic acids is 5. The molecule has 6 atom stereocenters. The fourth-order valence-corrected chi connectivity index (χ4v) is 5.53. The Balaban J connectivity index is 2.44. The maximum absolute atomic E-state index is 14.4. The van der Waals surface area contributed by atoms with E-state index in [1.165, 1.54) is 19.2 Å². The van der Waals surface area contributed by atoms with E-state index in [1.54, 1.807) is 120 Å². The molecule has 0 radical (unpaired) electrons. The van der Waals surface area contributed by atoms with Crippen molar-refractivity contribution in [1.82, 2.24) is 0 Å². The van der Waals surface area contributed by atoms with Gasteiger partial charge in [-0.05, 0) is 94.7 Å². The van der Waals surface area contributed by atoms with E-state index in [0.717, 1.165) is 0 Å². The van der Waals surface area contributed by atoms with Crippen molar-refractivity contribution < 1.29 is 67.0 Å². The third-order valence-electron chi connectivity index (χ3n) is 9.14. The summed E-state index contributed by atoms with van der Waals surface area (Å²) >= 11 is 0. The van der Waals surface area contributed by atoms with E-state index < -0.39 is 107 Å². The highest BCUT2D eigenvalue weighted by Crippen LogP contribution is 2.45. The SMILES string of the molecule is COc1cc(OCC(=O)O)c(C(=O)C(C)c2ccccc2)cc1[C@@H]1O[C@H](COC(=O)C(C)(C)C)[C@@H](OC(=O)C(C)(C)C)[C@H](OC(=O)C(C)(C)C)[C@H]1OC(=O)C(C)(C)C. The molecule has 0 spiro atoms. The summed E-state index contributed by atoms with van der Waals surface area (Å²) in [6.07, 6.45) is -7.44. The van der Waals surface area contributed by atoms with Crippen LogP contribution < -0.4 is 9.47 Å². The number of carboxylic acids is 1. The standard InChI is InChI=1S/C44H60O14/c1-24(25-18-16-15-17-19-25)32(47)26-20-27(28(52-14)21-29(26)53-23-31(45)46)33-35(57-39(50)43(8,9)10)36(58-40(51)44(11,12)13)34(56-38(49)42(5,6)7)30(55-33)22-54-37(48)41(2,3)4/h15-21,24,30,33-36H,22-23H2,1-14H3,(H,45,46)/t24?,30-,33+,34-,35+,36+/m1/s1. The number of Topliss-reactive ketones (excluding diaryl/α,β-unsaturated/α-hetero) is 1. The van der Waals surface area contributed by atoms with Gasteiger partial charge < -0.3 is 38.3 Å². The fourth-order valence-electron chi connectivity index (χ4n) is 5.53. The number of aliphatic carboxylic acids is 1. The molecule has 0 saturated carbocycles. The van der Waals surface area contributed by atoms with Gasteiger partial charge in [0.1, 0.15) is 30.3 Å². The second-order valence-corrected chi connectivity index (χ2v) is 18.6. The van der Waals surface area contributed by atoms with Crippen LogP contribution in [0.5, 0.6) is 11.5 Å². The van der Waals surface area contributed by atoms with Crippen LogP contribution in [0.3, 0.4) is 0 Å². The van der Waals surface area contributed by atoms with Gasteiger partial charge >= 0.3 is 29.8 Å². The molecule has 1 unspecified atom stereocenters. The van der Waals surface area contributed by atoms with Crippen LogP contribution in [0.15, 0.2) is 42.5 Å². The van der Waals surface area contributed by atoms with Crippen LogP contribution in [0.1, 0.15) is 124 Å². The molecule has 1 aliphatic heterocycles. The van der Waals surface area contributed by atoms with Gasteiger partial charge in [-0.15, -0.1) is 0 Å². The number of esters is 4. The Bertz CT molecular complexity index is 1820. The molecule has 1 N–H and O–H groups in total. The highest BCUT2D eigenvalue weighted by molar-refractivity contribution is 6.03. The molecule has 14 nitrogen and oxygen atoms in total. The minimum atomic E-state index is -1.57. The van der Waals surface area contributed by atoms with Crippen molar-refractivity contribution in [1.29, 1.82) is 0 Å². The number of ketones is 1. The van der Waals surface area contributed by atoms with E-state index in [4.69, 9.17) is 33.2 Å². The second-order valence-electron chi connectivity index (χ2n) is 18.6. The monoisotopic (exact) mass is 812 g/mol. The minimum Gasteiger partial charge on any atom is -0.496 e. The molecule has 3 rings (SSSR count). The molecule has 0 aromatic heterocycles. The van der Waals surface area contributed by atoms with Crippen LogP contribution in [0.25, 0.3) is 0 Å². The van der Waals surface area contributed by atoms with Gasteiger partial charge in [0, 0.05) is 17.5 Å². The van der Waals surface area contributed by atoms with Crippen molar-refractivity contribution >= 4 is 35.6 Å². The molecular formula is C44H60O14. The van der Waals surface area contributed by atoms with Gasteiger partial charge in [-0.2, -0.15) is 0 Å². The van der Waals surface area contributed by atoms with Gasteiger partial charge in [0.25, 0.3) is 0 Å². The van der Waals surface area contributed by atoms with Crippen molar-refractivity contribution in [2.75, 3.05) is 20.3 Å². The van der Waals surface area contributed by atoms with Crippen molar-refractivity contribution in [2.45, 2.75) is 126 Å². The van der Waals surface area contributed by atoms with Crippen molar-refractivity contribution in [2.24, 2.45) is 21.7 Å². The summed E-state index contributed by atoms with van der Waals surface area (Å²) < 4.78 is 42.3. The van der Waals surface area contributed by atoms with Crippen LogP contribution in [-0.4, -0.2) is 85.5 Å². The van der Waals surface area contributed by atoms with Crippen molar-refractivity contribution in [3.8, 4) is 11.5 Å². The highest BCUT2D eigenvalue weighted by Gasteiger charge is 2.55. The summed E-state index contributed by atoms with van der Waals surface area (Å²) in [7, 11) is 1.32. The molecule has 1 fully saturated rings. The summed E-state index contributed by atoms with van der Waals surface area (Å²) in [5.74, 6) is -5.41. The maximum atomic E-state index is 14.4. The van der Waals surface area contributed by atoms with Gasteiger partial charge in [-0.25, -0.2) is 4.79 Å². The smallest absolute Gasteiger partial charge is 0.341 e. The number of rotatable bonds is 13. The van der Waals surface area contributed by atoms with Gasteiger partial charge in [-0.3, -0.25) is 24.0 Å². The first-order chi connectivity index (χ1) is 26.6. The lowest BCUT2D eigenvalue weighted by Crippen LogP contribution is -2.61. The third kappa shape index (κ3) is 12.0. The summed E-state index contributed by atoms with van der Waals surface area (Å²) in [6, 6.07) is 11.6. The Morgan fingerprint density at radius 3 is 1.62 bits per heavy atom. The molecule has 1 heterocycles. The number of ether oxygens (including phenoxy) is 7. The van der Waals surface area contributed by atoms with Crippen LogP contribution in [0.4, 0.5) is 0 Å². The van der Waals surface area contributed by atoms with Gasteiger partial charge in [0.2, 0.25) is 0 Å². The topological polar surface area (TPSA) is 187 Å². The molecule has 0 amide bonds. The van der Waals surface area contributed by atoms with Crippen LogP contribution >= 0.6 is 0 Å². The van der Waals surface area contributed by atoms with E-state index in [0.29, 0.717) is 5.56 Å². The molecule has 14 heteroatoms. The average Bonchev–Trinajstić information content (AvgIpc) is 3.12. The van der Waals surface area contributed by atoms with Gasteiger partial charge in [-0.1, -0.05) is 37.3 Å². The number of methoxy groups -OCH3 is 1. The van der Waals surface area contributed by atoms with Crippen LogP contribution in [0, 0.1) is 21.7 Å². The summed E-state index contributed by atoms with van der Waals surface area (Å²) in [5, 5.41) is 9.50. The first-order valence-corrected chi connectivity index (χ1v) is 19.2. The highest BCUT2D eigenvalue weighted by atomic mass is 16.7. The summed E-state index contributed by atoms with van der Waals surface area (Å²) in [6.45, 7) is 19.9. The van der Waals surface area contributed by atoms with Crippen molar-refractivity contribution in [3.63, 3.8) is 0 Å². The van der Waals surface area contributed by atoms with Crippen LogP contribution in [-0.2, 0) is 47.7 Å². The Kier molecular flexibility index (Phi) is 15.0. The number of carboxylic acid groups (broad SMARTS) is 1. The maximum Gasteiger partial charge on any atom is 0.341 e. The Morgan fingerprint density at radius 2 is 1.16 bits per heavy atom. The summed E-state index contributed by atoms with van der Waals surface area (Å²) in [5.41, 5.74) is -3.52. The van der Waals surface area contributed by atoms with E-state index in [9.17, 15) is 33.9 Å². The lowest BCUT2D eigenvalue weighted by Gasteiger charge is -2.46. The van der Waals surface area contributed by atoms with E-state index in [1.807, 2.05) is 0 Å². The van der Waals surface area contributed by atoms with Gasteiger partial charge in [0.05, 0.1) is 34.3 Å². The first kappa shape index (κ1) is 47.4. The quantitative estimate of drug-likeness (QED) is 0.123. The van der Waals surface area contributed by atoms with Crippen molar-refractivity contribution in [3.05, 3.63) is 59.2 Å². The molecule has 1 saturated heterocycles. The number of hydrogen-bond donors (Lipinski definition) is 1. The van der Waals surface area contributed by atoms with E-state index in [2.05, 4.69) is 0 Å². The minimum absolute atomic E-state index is 0.0163. The molecule has 320 valence electrons. The fraction of sp³-hybridized carbons (Fsp3) is 0.591.